The number of ether oxygens (including phenoxy) is 2. The van der Waals surface area contributed by atoms with Gasteiger partial charge in [0, 0.05) is 12.1 Å². The normalized spacial score (nSPS) is 10.2. The molecule has 0 saturated heterocycles. The molecule has 0 aliphatic carbocycles. The summed E-state index contributed by atoms with van der Waals surface area (Å²) in [4.78, 5) is 10.5. The van der Waals surface area contributed by atoms with Gasteiger partial charge < -0.3 is 15.2 Å². The molecular formula is C15H16N2O4. The summed E-state index contributed by atoms with van der Waals surface area (Å²) in [5.41, 5.74) is 7.46. The van der Waals surface area contributed by atoms with Crippen LogP contribution in [-0.4, -0.2) is 12.0 Å². The second-order valence-corrected chi connectivity index (χ2v) is 4.51. The first-order valence-electron chi connectivity index (χ1n) is 6.35. The predicted molar refractivity (Wildman–Crippen MR) is 78.8 cm³/mol. The van der Waals surface area contributed by atoms with Gasteiger partial charge in [-0.05, 0) is 25.1 Å². The Balaban J connectivity index is 2.36. The molecule has 21 heavy (non-hydrogen) atoms. The molecule has 0 amide bonds. The van der Waals surface area contributed by atoms with Gasteiger partial charge in [-0.15, -0.1) is 0 Å². The zero-order chi connectivity index (χ0) is 15.4. The van der Waals surface area contributed by atoms with Crippen molar-refractivity contribution in [1.82, 2.24) is 0 Å². The molecule has 0 atom stereocenters. The van der Waals surface area contributed by atoms with Gasteiger partial charge in [0.15, 0.2) is 5.75 Å². The number of aryl methyl sites for hydroxylation is 1. The number of nitro benzene ring substituents is 1. The van der Waals surface area contributed by atoms with Gasteiger partial charge in [-0.3, -0.25) is 10.1 Å². The van der Waals surface area contributed by atoms with E-state index in [0.717, 1.165) is 11.1 Å². The standard InChI is InChI=1S/C15H16N2O4/c1-10-3-5-14(11(7-10)9-16)21-12-4-6-15(20-2)13(8-12)17(18)19/h3-8H,9,16H2,1-2H3. The van der Waals surface area contributed by atoms with Crippen molar-refractivity contribution < 1.29 is 14.4 Å². The van der Waals surface area contributed by atoms with E-state index in [4.69, 9.17) is 15.2 Å². The maximum atomic E-state index is 11.0. The monoisotopic (exact) mass is 288 g/mol. The van der Waals surface area contributed by atoms with Crippen LogP contribution in [0.3, 0.4) is 0 Å². The number of hydrogen-bond acceptors (Lipinski definition) is 5. The van der Waals surface area contributed by atoms with E-state index in [2.05, 4.69) is 0 Å². The van der Waals surface area contributed by atoms with Crippen LogP contribution in [0.5, 0.6) is 17.2 Å². The molecule has 0 aromatic heterocycles. The average molecular weight is 288 g/mol. The molecule has 0 aliphatic heterocycles. The lowest BCUT2D eigenvalue weighted by Crippen LogP contribution is -2.00. The van der Waals surface area contributed by atoms with Crippen LogP contribution in [0, 0.1) is 17.0 Å². The number of nitrogens with two attached hydrogens (primary N) is 1. The molecule has 0 bridgehead atoms. The number of nitrogens with zero attached hydrogens (tertiary/aromatic N) is 1. The summed E-state index contributed by atoms with van der Waals surface area (Å²) in [6.07, 6.45) is 0. The van der Waals surface area contributed by atoms with E-state index in [9.17, 15) is 10.1 Å². The third kappa shape index (κ3) is 3.29. The Labute approximate surface area is 122 Å². The predicted octanol–water partition coefficient (Wildman–Crippen LogP) is 3.16. The van der Waals surface area contributed by atoms with Crippen LogP contribution in [0.1, 0.15) is 11.1 Å². The Morgan fingerprint density at radius 3 is 2.52 bits per heavy atom. The second kappa shape index (κ2) is 6.23. The molecule has 0 radical (unpaired) electrons. The molecule has 0 spiro atoms. The number of benzene rings is 2. The molecule has 6 nitrogen and oxygen atoms in total. The van der Waals surface area contributed by atoms with Gasteiger partial charge in [0.1, 0.15) is 11.5 Å². The fourth-order valence-electron chi connectivity index (χ4n) is 1.97. The SMILES string of the molecule is COc1ccc(Oc2ccc(C)cc2CN)cc1[N+](=O)[O-]. The molecule has 2 rings (SSSR count). The lowest BCUT2D eigenvalue weighted by atomic mass is 10.1. The Hall–Kier alpha value is -2.60. The highest BCUT2D eigenvalue weighted by Gasteiger charge is 2.16. The fraction of sp³-hybridized carbons (Fsp3) is 0.200. The van der Waals surface area contributed by atoms with Crippen molar-refractivity contribution in [2.24, 2.45) is 5.73 Å². The molecule has 0 fully saturated rings. The van der Waals surface area contributed by atoms with Crippen molar-refractivity contribution in [2.75, 3.05) is 7.11 Å². The van der Waals surface area contributed by atoms with Crippen LogP contribution in [-0.2, 0) is 6.54 Å². The highest BCUT2D eigenvalue weighted by atomic mass is 16.6. The van der Waals surface area contributed by atoms with Crippen molar-refractivity contribution in [3.63, 3.8) is 0 Å². The maximum Gasteiger partial charge on any atom is 0.314 e. The minimum absolute atomic E-state index is 0.142. The van der Waals surface area contributed by atoms with Crippen molar-refractivity contribution >= 4 is 5.69 Å². The summed E-state index contributed by atoms with van der Waals surface area (Å²) in [6.45, 7) is 2.29. The van der Waals surface area contributed by atoms with Gasteiger partial charge in [0.25, 0.3) is 0 Å². The summed E-state index contributed by atoms with van der Waals surface area (Å²) in [6, 6.07) is 10.1. The van der Waals surface area contributed by atoms with Crippen LogP contribution in [0.4, 0.5) is 5.69 Å². The summed E-state index contributed by atoms with van der Waals surface area (Å²) >= 11 is 0. The van der Waals surface area contributed by atoms with Crippen molar-refractivity contribution in [2.45, 2.75) is 13.5 Å². The molecule has 110 valence electrons. The fourth-order valence-corrected chi connectivity index (χ4v) is 1.97. The quantitative estimate of drug-likeness (QED) is 0.674. The van der Waals surface area contributed by atoms with Crippen LogP contribution in [0.25, 0.3) is 0 Å². The summed E-state index contributed by atoms with van der Waals surface area (Å²) in [5, 5.41) is 11.0. The van der Waals surface area contributed by atoms with E-state index in [1.165, 1.54) is 19.2 Å². The van der Waals surface area contributed by atoms with Crippen molar-refractivity contribution in [1.29, 1.82) is 0 Å². The maximum absolute atomic E-state index is 11.0. The highest BCUT2D eigenvalue weighted by molar-refractivity contribution is 5.52. The Bertz CT molecular complexity index is 671. The van der Waals surface area contributed by atoms with Gasteiger partial charge in [-0.1, -0.05) is 17.7 Å². The van der Waals surface area contributed by atoms with Crippen LogP contribution in [0.2, 0.25) is 0 Å². The lowest BCUT2D eigenvalue weighted by molar-refractivity contribution is -0.385. The lowest BCUT2D eigenvalue weighted by Gasteiger charge is -2.11. The molecule has 2 N–H and O–H groups in total. The van der Waals surface area contributed by atoms with E-state index in [-0.39, 0.29) is 11.4 Å². The van der Waals surface area contributed by atoms with Gasteiger partial charge >= 0.3 is 5.69 Å². The number of hydrogen-bond donors (Lipinski definition) is 1. The highest BCUT2D eigenvalue weighted by Crippen LogP contribution is 2.34. The van der Waals surface area contributed by atoms with E-state index in [1.54, 1.807) is 12.1 Å². The first kappa shape index (κ1) is 14.8. The minimum atomic E-state index is -0.509. The third-order valence-corrected chi connectivity index (χ3v) is 3.01. The Morgan fingerprint density at radius 2 is 1.90 bits per heavy atom. The molecule has 2 aromatic carbocycles. The summed E-state index contributed by atoms with van der Waals surface area (Å²) in [5.74, 6) is 1.14. The smallest absolute Gasteiger partial charge is 0.314 e. The molecule has 0 saturated carbocycles. The molecule has 0 aliphatic rings. The minimum Gasteiger partial charge on any atom is -0.490 e. The first-order chi connectivity index (χ1) is 10.0. The molecule has 2 aromatic rings. The van der Waals surface area contributed by atoms with Gasteiger partial charge in [0.2, 0.25) is 0 Å². The van der Waals surface area contributed by atoms with E-state index >= 15 is 0 Å². The number of rotatable bonds is 5. The van der Waals surface area contributed by atoms with E-state index in [1.807, 2.05) is 19.1 Å². The average Bonchev–Trinajstić information content (AvgIpc) is 2.48. The first-order valence-corrected chi connectivity index (χ1v) is 6.35. The molecule has 0 heterocycles. The number of methoxy groups -OCH3 is 1. The summed E-state index contributed by atoms with van der Waals surface area (Å²) < 4.78 is 10.7. The zero-order valence-electron chi connectivity index (χ0n) is 11.8. The second-order valence-electron chi connectivity index (χ2n) is 4.51. The Kier molecular flexibility index (Phi) is 4.39. The van der Waals surface area contributed by atoms with Gasteiger partial charge in [0.05, 0.1) is 18.1 Å². The van der Waals surface area contributed by atoms with Crippen molar-refractivity contribution in [3.8, 4) is 17.2 Å². The Morgan fingerprint density at radius 1 is 1.19 bits per heavy atom. The number of nitro groups is 1. The topological polar surface area (TPSA) is 87.6 Å². The van der Waals surface area contributed by atoms with Crippen LogP contribution in [0.15, 0.2) is 36.4 Å². The van der Waals surface area contributed by atoms with E-state index in [0.29, 0.717) is 18.0 Å². The van der Waals surface area contributed by atoms with E-state index < -0.39 is 4.92 Å². The molecule has 0 unspecified atom stereocenters. The third-order valence-electron chi connectivity index (χ3n) is 3.01. The molecule has 6 heteroatoms. The largest absolute Gasteiger partial charge is 0.490 e. The van der Waals surface area contributed by atoms with Gasteiger partial charge in [-0.25, -0.2) is 0 Å². The van der Waals surface area contributed by atoms with Crippen LogP contribution >= 0.6 is 0 Å². The molecular weight excluding hydrogens is 272 g/mol. The van der Waals surface area contributed by atoms with Crippen LogP contribution < -0.4 is 15.2 Å². The summed E-state index contributed by atoms with van der Waals surface area (Å²) in [7, 11) is 1.38. The van der Waals surface area contributed by atoms with Gasteiger partial charge in [-0.2, -0.15) is 0 Å². The van der Waals surface area contributed by atoms with Crippen molar-refractivity contribution in [3.05, 3.63) is 57.6 Å². The zero-order valence-corrected chi connectivity index (χ0v) is 11.8.